The monoisotopic (exact) mass is 590 g/mol. The number of carbonyl (C=O) groups excluding carboxylic acids is 1. The molecule has 2 atom stereocenters. The molecule has 1 amide bonds. The summed E-state index contributed by atoms with van der Waals surface area (Å²) in [7, 11) is 4.23. The Bertz CT molecular complexity index is 1800. The molecule has 5 heterocycles. The number of aromatic nitrogens is 3. The summed E-state index contributed by atoms with van der Waals surface area (Å²) in [5.74, 6) is 1.07. The molecule has 2 aromatic carbocycles. The van der Waals surface area contributed by atoms with Gasteiger partial charge in [0, 0.05) is 67.0 Å². The molecule has 2 saturated heterocycles. The molecule has 0 bridgehead atoms. The zero-order valence-electron chi connectivity index (χ0n) is 25.4. The minimum Gasteiger partial charge on any atom is -0.508 e. The highest BCUT2D eigenvalue weighted by molar-refractivity contribution is 5.96. The van der Waals surface area contributed by atoms with Gasteiger partial charge in [-0.25, -0.2) is 9.97 Å². The summed E-state index contributed by atoms with van der Waals surface area (Å²) >= 11 is 0. The number of nitriles is 1. The van der Waals surface area contributed by atoms with E-state index in [1.54, 1.807) is 4.90 Å². The van der Waals surface area contributed by atoms with E-state index in [1.807, 2.05) is 36.7 Å². The summed E-state index contributed by atoms with van der Waals surface area (Å²) in [6, 6.07) is 14.6. The first kappa shape index (κ1) is 28.2. The SMILES string of the molecule is C=CC(=O)N1CC[C@H](n2cnc3c(N4CC(N(C)C)C4)nc4c(c32)CCN(c2cc(O)cc3ccccc23)C4)C[C@H]1CC#N. The second-order valence-electron chi connectivity index (χ2n) is 12.5. The molecule has 44 heavy (non-hydrogen) atoms. The standard InChI is InChI=1S/C34H38N8O2/c1-4-31(44)41-14-10-24(16-23(41)9-12-35)42-21-36-32-33(42)28-11-13-39(30-17-26(43)15-22-7-5-6-8-27(22)30)20-29(28)37-34(32)40-18-25(19-40)38(2)3/h4-8,15,17,21,23-25,43H,1,9-11,13-14,16,18-20H2,2-3H3/t23-,24+/m1/s1. The number of piperidine rings is 1. The Kier molecular flexibility index (Phi) is 7.13. The first-order chi connectivity index (χ1) is 21.4. The average Bonchev–Trinajstić information content (AvgIpc) is 3.45. The van der Waals surface area contributed by atoms with Crippen LogP contribution in [0.1, 0.15) is 36.6 Å². The van der Waals surface area contributed by atoms with Gasteiger partial charge in [0.05, 0.1) is 36.6 Å². The second kappa shape index (κ2) is 11.1. The quantitative estimate of drug-likeness (QED) is 0.333. The number of hydrogen-bond acceptors (Lipinski definition) is 8. The molecule has 7 rings (SSSR count). The van der Waals surface area contributed by atoms with Crippen LogP contribution in [-0.4, -0.2) is 87.7 Å². The van der Waals surface area contributed by atoms with Gasteiger partial charge in [0.2, 0.25) is 5.91 Å². The third-order valence-corrected chi connectivity index (χ3v) is 9.78. The summed E-state index contributed by atoms with van der Waals surface area (Å²) in [5, 5.41) is 22.3. The van der Waals surface area contributed by atoms with Crippen LogP contribution in [0.3, 0.4) is 0 Å². The molecule has 0 aliphatic carbocycles. The van der Waals surface area contributed by atoms with Crippen LogP contribution >= 0.6 is 0 Å². The van der Waals surface area contributed by atoms with E-state index < -0.39 is 0 Å². The van der Waals surface area contributed by atoms with Crippen molar-refractivity contribution < 1.29 is 9.90 Å². The molecule has 2 aromatic heterocycles. The van der Waals surface area contributed by atoms with Crippen LogP contribution in [0.4, 0.5) is 11.5 Å². The number of aromatic hydroxyl groups is 1. The van der Waals surface area contributed by atoms with Crippen LogP contribution in [0.15, 0.2) is 55.4 Å². The Labute approximate surface area is 257 Å². The van der Waals surface area contributed by atoms with Gasteiger partial charge >= 0.3 is 0 Å². The van der Waals surface area contributed by atoms with Gasteiger partial charge in [0.15, 0.2) is 5.82 Å². The van der Waals surface area contributed by atoms with Crippen molar-refractivity contribution in [1.29, 1.82) is 5.26 Å². The number of nitrogens with zero attached hydrogens (tertiary/aromatic N) is 8. The van der Waals surface area contributed by atoms with Crippen molar-refractivity contribution in [2.45, 2.75) is 50.4 Å². The lowest BCUT2D eigenvalue weighted by molar-refractivity contribution is -0.130. The summed E-state index contributed by atoms with van der Waals surface area (Å²) in [6.45, 7) is 7.46. The molecule has 10 nitrogen and oxygen atoms in total. The Balaban J connectivity index is 1.30. The lowest BCUT2D eigenvalue weighted by atomic mass is 9.94. The normalized spacial score (nSPS) is 20.5. The molecule has 0 saturated carbocycles. The van der Waals surface area contributed by atoms with E-state index in [0.717, 1.165) is 71.5 Å². The smallest absolute Gasteiger partial charge is 0.246 e. The highest BCUT2D eigenvalue weighted by Crippen LogP contribution is 2.40. The van der Waals surface area contributed by atoms with Crippen molar-refractivity contribution >= 4 is 39.2 Å². The molecule has 3 aliphatic heterocycles. The maximum atomic E-state index is 12.6. The van der Waals surface area contributed by atoms with Gasteiger partial charge in [-0.2, -0.15) is 5.26 Å². The minimum atomic E-state index is -0.162. The van der Waals surface area contributed by atoms with Gasteiger partial charge in [-0.05, 0) is 50.9 Å². The van der Waals surface area contributed by atoms with Crippen molar-refractivity contribution in [3.8, 4) is 11.8 Å². The zero-order chi connectivity index (χ0) is 30.5. The minimum absolute atomic E-state index is 0.115. The fourth-order valence-corrected chi connectivity index (χ4v) is 7.29. The molecule has 0 radical (unpaired) electrons. The van der Waals surface area contributed by atoms with Gasteiger partial charge in [0.1, 0.15) is 11.3 Å². The van der Waals surface area contributed by atoms with Gasteiger partial charge in [-0.3, -0.25) is 4.79 Å². The maximum Gasteiger partial charge on any atom is 0.246 e. The third kappa shape index (κ3) is 4.72. The number of likely N-dealkylation sites (tertiary alicyclic amines) is 1. The van der Waals surface area contributed by atoms with Gasteiger partial charge in [-0.15, -0.1) is 0 Å². The number of benzene rings is 2. The van der Waals surface area contributed by atoms with Crippen molar-refractivity contribution in [3.63, 3.8) is 0 Å². The number of rotatable bonds is 6. The highest BCUT2D eigenvalue weighted by atomic mass is 16.3. The molecule has 4 aromatic rings. The molecule has 2 fully saturated rings. The zero-order valence-corrected chi connectivity index (χ0v) is 25.4. The van der Waals surface area contributed by atoms with Gasteiger partial charge < -0.3 is 29.3 Å². The van der Waals surface area contributed by atoms with Crippen molar-refractivity contribution in [3.05, 3.63) is 66.6 Å². The van der Waals surface area contributed by atoms with E-state index in [9.17, 15) is 15.2 Å². The lowest BCUT2D eigenvalue weighted by Crippen LogP contribution is -2.58. The second-order valence-corrected chi connectivity index (χ2v) is 12.5. The maximum absolute atomic E-state index is 12.6. The van der Waals surface area contributed by atoms with Crippen LogP contribution in [0.25, 0.3) is 21.8 Å². The van der Waals surface area contributed by atoms with E-state index in [2.05, 4.69) is 52.1 Å². The number of likely N-dealkylation sites (N-methyl/N-ethyl adjacent to an activating group) is 1. The number of pyridine rings is 1. The Morgan fingerprint density at radius 2 is 2.02 bits per heavy atom. The van der Waals surface area contributed by atoms with Crippen molar-refractivity contribution in [2.75, 3.05) is 50.1 Å². The molecule has 0 unspecified atom stereocenters. The van der Waals surface area contributed by atoms with Crippen molar-refractivity contribution in [1.82, 2.24) is 24.3 Å². The summed E-state index contributed by atoms with van der Waals surface area (Å²) < 4.78 is 2.31. The summed E-state index contributed by atoms with van der Waals surface area (Å²) in [6.07, 6.45) is 5.87. The van der Waals surface area contributed by atoms with E-state index in [1.165, 1.54) is 11.6 Å². The fourth-order valence-electron chi connectivity index (χ4n) is 7.29. The molecule has 1 N–H and O–H groups in total. The van der Waals surface area contributed by atoms with E-state index >= 15 is 0 Å². The van der Waals surface area contributed by atoms with Gasteiger partial charge in [0.25, 0.3) is 0 Å². The number of imidazole rings is 1. The first-order valence-electron chi connectivity index (χ1n) is 15.4. The first-order valence-corrected chi connectivity index (χ1v) is 15.4. The number of phenolic OH excluding ortho intramolecular Hbond substituents is 1. The van der Waals surface area contributed by atoms with E-state index in [0.29, 0.717) is 32.0 Å². The van der Waals surface area contributed by atoms with Crippen LogP contribution in [0, 0.1) is 11.3 Å². The van der Waals surface area contributed by atoms with Crippen molar-refractivity contribution in [2.24, 2.45) is 0 Å². The Morgan fingerprint density at radius 1 is 1.20 bits per heavy atom. The van der Waals surface area contributed by atoms with Crippen LogP contribution in [0.5, 0.6) is 5.75 Å². The Morgan fingerprint density at radius 3 is 2.80 bits per heavy atom. The molecular formula is C34H38N8O2. The Hall–Kier alpha value is -4.62. The van der Waals surface area contributed by atoms with Gasteiger partial charge in [-0.1, -0.05) is 30.8 Å². The molecule has 226 valence electrons. The molecule has 0 spiro atoms. The topological polar surface area (TPSA) is 105 Å². The van der Waals surface area contributed by atoms with E-state index in [-0.39, 0.29) is 23.7 Å². The molecular weight excluding hydrogens is 552 g/mol. The highest BCUT2D eigenvalue weighted by Gasteiger charge is 2.36. The average molecular weight is 591 g/mol. The van der Waals surface area contributed by atoms with Crippen LogP contribution < -0.4 is 9.80 Å². The largest absolute Gasteiger partial charge is 0.508 e. The number of amides is 1. The fraction of sp³-hybridized carbons (Fsp3) is 0.412. The molecule has 3 aliphatic rings. The number of phenols is 1. The van der Waals surface area contributed by atoms with E-state index in [4.69, 9.17) is 9.97 Å². The number of fused-ring (bicyclic) bond motifs is 4. The van der Waals surface area contributed by atoms with Crippen LogP contribution in [-0.2, 0) is 17.8 Å². The number of hydrogen-bond donors (Lipinski definition) is 1. The summed E-state index contributed by atoms with van der Waals surface area (Å²) in [5.41, 5.74) is 5.32. The predicted molar refractivity (Wildman–Crippen MR) is 172 cm³/mol. The lowest BCUT2D eigenvalue weighted by Gasteiger charge is -2.44. The predicted octanol–water partition coefficient (Wildman–Crippen LogP) is 4.23. The third-order valence-electron chi connectivity index (χ3n) is 9.78. The molecule has 10 heteroatoms. The summed E-state index contributed by atoms with van der Waals surface area (Å²) in [4.78, 5) is 31.6. The van der Waals surface area contributed by atoms with Crippen LogP contribution in [0.2, 0.25) is 0 Å². The number of anilines is 2. The number of carbonyl (C=O) groups is 1.